The quantitative estimate of drug-likeness (QED) is 0.883. The summed E-state index contributed by atoms with van der Waals surface area (Å²) in [4.78, 5) is 0. The monoisotopic (exact) mass is 232 g/mol. The summed E-state index contributed by atoms with van der Waals surface area (Å²) in [6.45, 7) is 8.41. The van der Waals surface area contributed by atoms with Gasteiger partial charge in [-0.15, -0.1) is 0 Å². The highest BCUT2D eigenvalue weighted by Crippen LogP contribution is 2.25. The van der Waals surface area contributed by atoms with Crippen molar-refractivity contribution in [1.29, 1.82) is 0 Å². The van der Waals surface area contributed by atoms with E-state index < -0.39 is 0 Å². The van der Waals surface area contributed by atoms with Crippen molar-refractivity contribution in [3.63, 3.8) is 0 Å². The van der Waals surface area contributed by atoms with Crippen LogP contribution >= 0.6 is 0 Å². The fraction of sp³-hybridized carbons (Fsp3) is 0.500. The summed E-state index contributed by atoms with van der Waals surface area (Å²) in [6.07, 6.45) is 1.86. The minimum absolute atomic E-state index is 0.0791. The molecule has 0 unspecified atom stereocenters. The van der Waals surface area contributed by atoms with Crippen molar-refractivity contribution >= 4 is 10.9 Å². The molecule has 2 rings (SSSR count). The molecule has 0 aliphatic rings. The van der Waals surface area contributed by atoms with Gasteiger partial charge in [-0.2, -0.15) is 5.10 Å². The molecule has 1 N–H and O–H groups in total. The maximum absolute atomic E-state index is 9.44. The highest BCUT2D eigenvalue weighted by atomic mass is 16.3. The third-order valence-corrected chi connectivity index (χ3v) is 3.22. The Kier molecular flexibility index (Phi) is 2.96. The van der Waals surface area contributed by atoms with Crippen molar-refractivity contribution in [1.82, 2.24) is 9.78 Å². The molecule has 17 heavy (non-hydrogen) atoms. The molecule has 92 valence electrons. The molecular formula is C14H20N2O. The molecule has 1 heterocycles. The zero-order valence-corrected chi connectivity index (χ0v) is 10.9. The Balaban J connectivity index is 2.62. The van der Waals surface area contributed by atoms with Gasteiger partial charge in [0.2, 0.25) is 0 Å². The van der Waals surface area contributed by atoms with Crippen LogP contribution in [-0.2, 0) is 5.54 Å². The summed E-state index contributed by atoms with van der Waals surface area (Å²) in [6, 6.07) is 6.41. The van der Waals surface area contributed by atoms with E-state index in [1.807, 2.05) is 24.7 Å². The molecule has 1 aromatic heterocycles. The maximum atomic E-state index is 9.44. The largest absolute Gasteiger partial charge is 0.394 e. The normalized spacial score (nSPS) is 12.6. The highest BCUT2D eigenvalue weighted by Gasteiger charge is 2.22. The van der Waals surface area contributed by atoms with Crippen molar-refractivity contribution in [2.75, 3.05) is 6.61 Å². The summed E-state index contributed by atoms with van der Waals surface area (Å²) < 4.78 is 1.91. The predicted octanol–water partition coefficient (Wildman–Crippen LogP) is 2.89. The topological polar surface area (TPSA) is 38.0 Å². The number of aliphatic hydroxyl groups is 1. The Hall–Kier alpha value is -1.35. The van der Waals surface area contributed by atoms with E-state index in [2.05, 4.69) is 37.1 Å². The van der Waals surface area contributed by atoms with E-state index in [1.165, 1.54) is 5.56 Å². The van der Waals surface area contributed by atoms with Gasteiger partial charge in [-0.3, -0.25) is 4.68 Å². The minimum Gasteiger partial charge on any atom is -0.394 e. The summed E-state index contributed by atoms with van der Waals surface area (Å²) in [5.74, 6) is 0.500. The van der Waals surface area contributed by atoms with Crippen LogP contribution in [0.4, 0.5) is 0 Å². The Labute approximate surface area is 102 Å². The molecule has 3 nitrogen and oxygen atoms in total. The predicted molar refractivity (Wildman–Crippen MR) is 70.2 cm³/mol. The van der Waals surface area contributed by atoms with Crippen LogP contribution in [0.25, 0.3) is 10.9 Å². The second-order valence-electron chi connectivity index (χ2n) is 5.50. The Morgan fingerprint density at radius 2 is 2.06 bits per heavy atom. The average Bonchev–Trinajstić information content (AvgIpc) is 2.72. The van der Waals surface area contributed by atoms with Crippen molar-refractivity contribution in [3.8, 4) is 0 Å². The fourth-order valence-electron chi connectivity index (χ4n) is 1.94. The van der Waals surface area contributed by atoms with Crippen LogP contribution in [0.15, 0.2) is 24.4 Å². The number of fused-ring (bicyclic) bond motifs is 1. The molecule has 2 aromatic rings. The van der Waals surface area contributed by atoms with Gasteiger partial charge in [0.05, 0.1) is 23.9 Å². The minimum atomic E-state index is -0.364. The van der Waals surface area contributed by atoms with Gasteiger partial charge in [-0.05, 0) is 31.4 Å². The van der Waals surface area contributed by atoms with Crippen LogP contribution in [0.2, 0.25) is 0 Å². The highest BCUT2D eigenvalue weighted by molar-refractivity contribution is 5.79. The van der Waals surface area contributed by atoms with Gasteiger partial charge in [0.1, 0.15) is 0 Å². The van der Waals surface area contributed by atoms with Crippen LogP contribution in [0, 0.1) is 0 Å². The molecule has 1 aromatic carbocycles. The number of aliphatic hydroxyl groups excluding tert-OH is 1. The molecule has 3 heteroatoms. The molecule has 0 atom stereocenters. The van der Waals surface area contributed by atoms with E-state index >= 15 is 0 Å². The zero-order valence-electron chi connectivity index (χ0n) is 10.9. The first kappa shape index (κ1) is 12.1. The fourth-order valence-corrected chi connectivity index (χ4v) is 1.94. The van der Waals surface area contributed by atoms with Gasteiger partial charge in [0, 0.05) is 5.39 Å². The standard InChI is InChI=1S/C14H20N2O/c1-10(2)11-5-6-12-8-15-16(13(12)7-11)14(3,4)9-17/h5-8,10,17H,9H2,1-4H3. The number of aromatic nitrogens is 2. The number of hydrogen-bond acceptors (Lipinski definition) is 2. The van der Waals surface area contributed by atoms with Crippen LogP contribution in [-0.4, -0.2) is 21.5 Å². The van der Waals surface area contributed by atoms with Crippen LogP contribution in [0.3, 0.4) is 0 Å². The van der Waals surface area contributed by atoms with Gasteiger partial charge in [0.15, 0.2) is 0 Å². The number of rotatable bonds is 3. The molecular weight excluding hydrogens is 212 g/mol. The van der Waals surface area contributed by atoms with Gasteiger partial charge in [-0.25, -0.2) is 0 Å². The van der Waals surface area contributed by atoms with Crippen LogP contribution < -0.4 is 0 Å². The summed E-state index contributed by atoms with van der Waals surface area (Å²) in [5, 5.41) is 15.0. The third-order valence-electron chi connectivity index (χ3n) is 3.22. The second kappa shape index (κ2) is 4.15. The number of nitrogens with zero attached hydrogens (tertiary/aromatic N) is 2. The molecule has 0 saturated heterocycles. The van der Waals surface area contributed by atoms with Crippen molar-refractivity contribution in [2.24, 2.45) is 0 Å². The third kappa shape index (κ3) is 2.07. The molecule has 0 bridgehead atoms. The molecule has 0 saturated carbocycles. The summed E-state index contributed by atoms with van der Waals surface area (Å²) >= 11 is 0. The molecule has 0 radical (unpaired) electrons. The van der Waals surface area contributed by atoms with Gasteiger partial charge in [-0.1, -0.05) is 26.0 Å². The van der Waals surface area contributed by atoms with E-state index in [0.717, 1.165) is 10.9 Å². The SMILES string of the molecule is CC(C)c1ccc2cnn(C(C)(C)CO)c2c1. The lowest BCUT2D eigenvalue weighted by atomic mass is 10.0. The van der Waals surface area contributed by atoms with Gasteiger partial charge in [0.25, 0.3) is 0 Å². The first-order chi connectivity index (χ1) is 7.95. The average molecular weight is 232 g/mol. The molecule has 0 amide bonds. The second-order valence-corrected chi connectivity index (χ2v) is 5.50. The Morgan fingerprint density at radius 3 is 2.65 bits per heavy atom. The van der Waals surface area contributed by atoms with Crippen molar-refractivity contribution < 1.29 is 5.11 Å². The lowest BCUT2D eigenvalue weighted by Gasteiger charge is -2.23. The summed E-state index contributed by atoms with van der Waals surface area (Å²) in [5.41, 5.74) is 2.03. The van der Waals surface area contributed by atoms with E-state index in [0.29, 0.717) is 5.92 Å². The van der Waals surface area contributed by atoms with Gasteiger partial charge < -0.3 is 5.11 Å². The Bertz CT molecular complexity index is 526. The van der Waals surface area contributed by atoms with Crippen LogP contribution in [0.5, 0.6) is 0 Å². The van der Waals surface area contributed by atoms with Gasteiger partial charge >= 0.3 is 0 Å². The molecule has 0 aliphatic heterocycles. The first-order valence-electron chi connectivity index (χ1n) is 6.05. The van der Waals surface area contributed by atoms with Crippen molar-refractivity contribution in [3.05, 3.63) is 30.0 Å². The van der Waals surface area contributed by atoms with E-state index in [1.54, 1.807) is 0 Å². The number of hydrogen-bond donors (Lipinski definition) is 1. The lowest BCUT2D eigenvalue weighted by molar-refractivity contribution is 0.156. The molecule has 0 spiro atoms. The zero-order chi connectivity index (χ0) is 12.6. The maximum Gasteiger partial charge on any atom is 0.0808 e. The lowest BCUT2D eigenvalue weighted by Crippen LogP contribution is -2.31. The van der Waals surface area contributed by atoms with E-state index in [9.17, 15) is 5.11 Å². The molecule has 0 fully saturated rings. The van der Waals surface area contributed by atoms with Crippen LogP contribution in [0.1, 0.15) is 39.2 Å². The Morgan fingerprint density at radius 1 is 1.35 bits per heavy atom. The van der Waals surface area contributed by atoms with E-state index in [-0.39, 0.29) is 12.1 Å². The smallest absolute Gasteiger partial charge is 0.0808 e. The van der Waals surface area contributed by atoms with Crippen molar-refractivity contribution in [2.45, 2.75) is 39.2 Å². The summed E-state index contributed by atoms with van der Waals surface area (Å²) in [7, 11) is 0. The van der Waals surface area contributed by atoms with E-state index in [4.69, 9.17) is 0 Å². The first-order valence-corrected chi connectivity index (χ1v) is 6.05. The number of benzene rings is 1. The molecule has 0 aliphatic carbocycles.